The molecule has 0 atom stereocenters. The van der Waals surface area contributed by atoms with Gasteiger partial charge < -0.3 is 9.84 Å². The summed E-state index contributed by atoms with van der Waals surface area (Å²) in [5, 5.41) is 6.75. The minimum Gasteiger partial charge on any atom is -0.348 e. The third-order valence-corrected chi connectivity index (χ3v) is 3.24. The van der Waals surface area contributed by atoms with E-state index in [2.05, 4.69) is 29.3 Å². The van der Waals surface area contributed by atoms with Crippen LogP contribution in [-0.4, -0.2) is 16.0 Å². The molecule has 0 unspecified atom stereocenters. The van der Waals surface area contributed by atoms with Crippen molar-refractivity contribution in [3.05, 3.63) is 11.7 Å². The van der Waals surface area contributed by atoms with E-state index in [9.17, 15) is 4.79 Å². The number of carbonyl (C=O) groups is 1. The van der Waals surface area contributed by atoms with Crippen LogP contribution in [0.4, 0.5) is 0 Å². The smallest absolute Gasteiger partial charge is 0.226 e. The molecule has 0 radical (unpaired) electrons. The lowest BCUT2D eigenvalue weighted by atomic mass is 10.1. The number of nitrogens with one attached hydrogen (secondary N) is 1. The standard InChI is InChI=1S/C13H21N3O2/c1-9(2)7-12-15-11(16-18-12)8-14-13(17)10-5-3-4-6-10/h9-10H,3-8H2,1-2H3,(H,14,17). The molecule has 0 bridgehead atoms. The van der Waals surface area contributed by atoms with Crippen LogP contribution in [0.3, 0.4) is 0 Å². The number of hydrogen-bond donors (Lipinski definition) is 1. The highest BCUT2D eigenvalue weighted by Crippen LogP contribution is 2.24. The molecule has 1 fully saturated rings. The van der Waals surface area contributed by atoms with Gasteiger partial charge in [-0.3, -0.25) is 4.79 Å². The molecule has 1 saturated carbocycles. The number of hydrogen-bond acceptors (Lipinski definition) is 4. The number of aromatic nitrogens is 2. The normalized spacial score (nSPS) is 16.4. The number of amides is 1. The van der Waals surface area contributed by atoms with Gasteiger partial charge in [-0.15, -0.1) is 0 Å². The van der Waals surface area contributed by atoms with Crippen LogP contribution in [0.25, 0.3) is 0 Å². The van der Waals surface area contributed by atoms with E-state index in [1.54, 1.807) is 0 Å². The maximum Gasteiger partial charge on any atom is 0.226 e. The monoisotopic (exact) mass is 251 g/mol. The van der Waals surface area contributed by atoms with E-state index >= 15 is 0 Å². The van der Waals surface area contributed by atoms with Gasteiger partial charge in [-0.25, -0.2) is 0 Å². The predicted molar refractivity (Wildman–Crippen MR) is 66.6 cm³/mol. The second-order valence-corrected chi connectivity index (χ2v) is 5.40. The first-order valence-electron chi connectivity index (χ1n) is 6.74. The lowest BCUT2D eigenvalue weighted by molar-refractivity contribution is -0.125. The molecule has 0 aliphatic heterocycles. The maximum absolute atomic E-state index is 11.8. The number of nitrogens with zero attached hydrogens (tertiary/aromatic N) is 2. The molecule has 1 amide bonds. The van der Waals surface area contributed by atoms with Gasteiger partial charge in [-0.1, -0.05) is 31.8 Å². The zero-order valence-electron chi connectivity index (χ0n) is 11.1. The first-order chi connectivity index (χ1) is 8.65. The Bertz CT molecular complexity index is 395. The van der Waals surface area contributed by atoms with Crippen LogP contribution in [0, 0.1) is 11.8 Å². The third kappa shape index (κ3) is 3.55. The van der Waals surface area contributed by atoms with E-state index in [1.165, 1.54) is 12.8 Å². The minimum atomic E-state index is 0.128. The highest BCUT2D eigenvalue weighted by molar-refractivity contribution is 5.78. The average molecular weight is 251 g/mol. The molecule has 1 N–H and O–H groups in total. The molecular formula is C13H21N3O2. The van der Waals surface area contributed by atoms with E-state index in [0.717, 1.165) is 19.3 Å². The molecule has 1 aliphatic rings. The Morgan fingerprint density at radius 2 is 2.17 bits per heavy atom. The van der Waals surface area contributed by atoms with Crippen LogP contribution in [-0.2, 0) is 17.8 Å². The van der Waals surface area contributed by atoms with Gasteiger partial charge in [0.25, 0.3) is 0 Å². The molecular weight excluding hydrogens is 230 g/mol. The maximum atomic E-state index is 11.8. The highest BCUT2D eigenvalue weighted by atomic mass is 16.5. The zero-order chi connectivity index (χ0) is 13.0. The SMILES string of the molecule is CC(C)Cc1nc(CNC(=O)C2CCCC2)no1. The summed E-state index contributed by atoms with van der Waals surface area (Å²) in [7, 11) is 0. The van der Waals surface area contributed by atoms with Gasteiger partial charge in [0.15, 0.2) is 5.82 Å². The third-order valence-electron chi connectivity index (χ3n) is 3.24. The molecule has 1 aliphatic carbocycles. The van der Waals surface area contributed by atoms with Gasteiger partial charge >= 0.3 is 0 Å². The van der Waals surface area contributed by atoms with Gasteiger partial charge in [-0.05, 0) is 18.8 Å². The molecule has 5 heteroatoms. The Hall–Kier alpha value is -1.39. The fourth-order valence-electron chi connectivity index (χ4n) is 2.29. The first-order valence-corrected chi connectivity index (χ1v) is 6.74. The Morgan fingerprint density at radius 1 is 1.44 bits per heavy atom. The van der Waals surface area contributed by atoms with Gasteiger partial charge in [0.05, 0.1) is 6.54 Å². The van der Waals surface area contributed by atoms with Crippen molar-refractivity contribution in [1.29, 1.82) is 0 Å². The van der Waals surface area contributed by atoms with E-state index in [0.29, 0.717) is 24.2 Å². The van der Waals surface area contributed by atoms with E-state index in [1.807, 2.05) is 0 Å². The van der Waals surface area contributed by atoms with Gasteiger partial charge in [0.1, 0.15) is 0 Å². The molecule has 18 heavy (non-hydrogen) atoms. The molecule has 0 spiro atoms. The number of rotatable bonds is 5. The Balaban J connectivity index is 1.79. The summed E-state index contributed by atoms with van der Waals surface area (Å²) < 4.78 is 5.12. The summed E-state index contributed by atoms with van der Waals surface area (Å²) in [6, 6.07) is 0. The largest absolute Gasteiger partial charge is 0.348 e. The van der Waals surface area contributed by atoms with E-state index in [4.69, 9.17) is 4.52 Å². The van der Waals surface area contributed by atoms with Crippen molar-refractivity contribution in [2.24, 2.45) is 11.8 Å². The van der Waals surface area contributed by atoms with Crippen molar-refractivity contribution in [1.82, 2.24) is 15.5 Å². The van der Waals surface area contributed by atoms with E-state index < -0.39 is 0 Å². The van der Waals surface area contributed by atoms with Crippen LogP contribution < -0.4 is 5.32 Å². The summed E-state index contributed by atoms with van der Waals surface area (Å²) in [5.74, 6) is 2.02. The second kappa shape index (κ2) is 5.98. The van der Waals surface area contributed by atoms with Crippen molar-refractivity contribution >= 4 is 5.91 Å². The van der Waals surface area contributed by atoms with Crippen LogP contribution in [0.15, 0.2) is 4.52 Å². The summed E-state index contributed by atoms with van der Waals surface area (Å²) >= 11 is 0. The topological polar surface area (TPSA) is 68.0 Å². The number of carbonyl (C=O) groups excluding carboxylic acids is 1. The summed E-state index contributed by atoms with van der Waals surface area (Å²) in [4.78, 5) is 16.1. The summed E-state index contributed by atoms with van der Waals surface area (Å²) in [6.07, 6.45) is 5.13. The predicted octanol–water partition coefficient (Wildman–Crippen LogP) is 2.07. The fraction of sp³-hybridized carbons (Fsp3) is 0.769. The molecule has 0 saturated heterocycles. The van der Waals surface area contributed by atoms with Crippen molar-refractivity contribution in [3.63, 3.8) is 0 Å². The van der Waals surface area contributed by atoms with Crippen LogP contribution >= 0.6 is 0 Å². The van der Waals surface area contributed by atoms with Crippen molar-refractivity contribution in [3.8, 4) is 0 Å². The van der Waals surface area contributed by atoms with Crippen molar-refractivity contribution in [2.75, 3.05) is 0 Å². The lowest BCUT2D eigenvalue weighted by Crippen LogP contribution is -2.29. The molecule has 100 valence electrons. The Kier molecular flexibility index (Phi) is 4.33. The van der Waals surface area contributed by atoms with Crippen molar-refractivity contribution < 1.29 is 9.32 Å². The van der Waals surface area contributed by atoms with Gasteiger partial charge in [-0.2, -0.15) is 4.98 Å². The van der Waals surface area contributed by atoms with Gasteiger partial charge in [0, 0.05) is 12.3 Å². The average Bonchev–Trinajstić information content (AvgIpc) is 2.95. The Morgan fingerprint density at radius 3 is 2.83 bits per heavy atom. The summed E-state index contributed by atoms with van der Waals surface area (Å²) in [6.45, 7) is 4.58. The summed E-state index contributed by atoms with van der Waals surface area (Å²) in [5.41, 5.74) is 0. The van der Waals surface area contributed by atoms with Crippen molar-refractivity contribution in [2.45, 2.75) is 52.5 Å². The fourth-order valence-corrected chi connectivity index (χ4v) is 2.29. The van der Waals surface area contributed by atoms with Crippen LogP contribution in [0.1, 0.15) is 51.2 Å². The molecule has 0 aromatic carbocycles. The van der Waals surface area contributed by atoms with Crippen LogP contribution in [0.5, 0.6) is 0 Å². The Labute approximate surface area is 107 Å². The molecule has 1 aromatic heterocycles. The molecule has 2 rings (SSSR count). The first kappa shape index (κ1) is 13.1. The molecule has 5 nitrogen and oxygen atoms in total. The zero-order valence-corrected chi connectivity index (χ0v) is 11.1. The van der Waals surface area contributed by atoms with Gasteiger partial charge in [0.2, 0.25) is 11.8 Å². The molecule has 1 aromatic rings. The van der Waals surface area contributed by atoms with Crippen LogP contribution in [0.2, 0.25) is 0 Å². The lowest BCUT2D eigenvalue weighted by Gasteiger charge is -2.07. The quantitative estimate of drug-likeness (QED) is 0.870. The minimum absolute atomic E-state index is 0.128. The molecule has 1 heterocycles. The highest BCUT2D eigenvalue weighted by Gasteiger charge is 2.22. The second-order valence-electron chi connectivity index (χ2n) is 5.40. The van der Waals surface area contributed by atoms with E-state index in [-0.39, 0.29) is 11.8 Å².